The van der Waals surface area contributed by atoms with Crippen LogP contribution in [-0.2, 0) is 28.6 Å². The third kappa shape index (κ3) is 50.8. The van der Waals surface area contributed by atoms with E-state index in [4.69, 9.17) is 14.2 Å². The minimum absolute atomic E-state index is 0.130. The summed E-state index contributed by atoms with van der Waals surface area (Å²) in [4.78, 5) is 38.0. The molecule has 0 aromatic rings. The first-order chi connectivity index (χ1) is 32.5. The molecular weight excluding hydrogens is 817 g/mol. The highest BCUT2D eigenvalue weighted by molar-refractivity contribution is 5.71. The van der Waals surface area contributed by atoms with Crippen LogP contribution in [0.3, 0.4) is 0 Å². The molecule has 0 radical (unpaired) electrons. The number of hydrogen-bond donors (Lipinski definition) is 0. The van der Waals surface area contributed by atoms with Gasteiger partial charge in [-0.1, -0.05) is 226 Å². The van der Waals surface area contributed by atoms with E-state index in [9.17, 15) is 14.4 Å². The number of esters is 3. The summed E-state index contributed by atoms with van der Waals surface area (Å²) in [6.45, 7) is 6.34. The summed E-state index contributed by atoms with van der Waals surface area (Å²) in [6.07, 6.45) is 73.4. The molecule has 0 aromatic heterocycles. The molecule has 1 unspecified atom stereocenters. The van der Waals surface area contributed by atoms with Gasteiger partial charge >= 0.3 is 17.9 Å². The van der Waals surface area contributed by atoms with E-state index in [0.717, 1.165) is 70.6 Å². The quantitative estimate of drug-likeness (QED) is 0.0199. The highest BCUT2D eigenvalue weighted by Gasteiger charge is 2.19. The molecule has 0 spiro atoms. The Bertz CT molecular complexity index is 1420. The van der Waals surface area contributed by atoms with Gasteiger partial charge in [0.05, 0.1) is 0 Å². The van der Waals surface area contributed by atoms with Crippen LogP contribution in [-0.4, -0.2) is 37.2 Å². The Kier molecular flexibility index (Phi) is 50.0. The molecule has 0 rings (SSSR count). The Morgan fingerprint density at radius 3 is 1.17 bits per heavy atom. The summed E-state index contributed by atoms with van der Waals surface area (Å²) < 4.78 is 16.7. The van der Waals surface area contributed by atoms with Crippen LogP contribution in [0.15, 0.2) is 122 Å². The lowest BCUT2D eigenvalue weighted by Crippen LogP contribution is -2.30. The van der Waals surface area contributed by atoms with Crippen LogP contribution in [0, 0.1) is 0 Å². The van der Waals surface area contributed by atoms with Gasteiger partial charge in [0, 0.05) is 19.3 Å². The average molecular weight is 913 g/mol. The number of unbranched alkanes of at least 4 members (excludes halogenated alkanes) is 19. The molecule has 0 aliphatic heterocycles. The summed E-state index contributed by atoms with van der Waals surface area (Å²) in [5.74, 6) is -1.08. The van der Waals surface area contributed by atoms with Crippen molar-refractivity contribution in [1.82, 2.24) is 0 Å². The summed E-state index contributed by atoms with van der Waals surface area (Å²) in [5.41, 5.74) is 0. The fraction of sp³-hybridized carbons (Fsp3) is 0.617. The van der Waals surface area contributed by atoms with Crippen LogP contribution in [0.5, 0.6) is 0 Å². The molecule has 66 heavy (non-hydrogen) atoms. The van der Waals surface area contributed by atoms with Crippen LogP contribution >= 0.6 is 0 Å². The number of ether oxygens (including phenoxy) is 3. The predicted molar refractivity (Wildman–Crippen MR) is 283 cm³/mol. The smallest absolute Gasteiger partial charge is 0.306 e. The van der Waals surface area contributed by atoms with Gasteiger partial charge in [0.2, 0.25) is 0 Å². The van der Waals surface area contributed by atoms with E-state index >= 15 is 0 Å². The topological polar surface area (TPSA) is 78.9 Å². The maximum absolute atomic E-state index is 12.8. The zero-order valence-corrected chi connectivity index (χ0v) is 42.4. The lowest BCUT2D eigenvalue weighted by atomic mass is 10.1. The van der Waals surface area contributed by atoms with Crippen molar-refractivity contribution in [2.24, 2.45) is 0 Å². The Hall–Kier alpha value is -4.19. The normalized spacial score (nSPS) is 13.1. The Morgan fingerprint density at radius 1 is 0.333 bits per heavy atom. The SMILES string of the molecule is CC/C=C/C=C/C=C/C=C/C=C/CCCC(=O)OCC(COC(=O)CCCCCCC/C=C/CCCCCCCCCCC)OC(=O)CCC/C=C/C/C=C/C/C=C/C/C=C/CCCCC. The molecule has 0 amide bonds. The number of hydrogen-bond acceptors (Lipinski definition) is 6. The molecule has 0 aliphatic carbocycles. The van der Waals surface area contributed by atoms with E-state index in [1.165, 1.54) is 96.3 Å². The zero-order chi connectivity index (χ0) is 47.9. The van der Waals surface area contributed by atoms with Crippen molar-refractivity contribution >= 4 is 17.9 Å². The molecular formula is C60H96O6. The van der Waals surface area contributed by atoms with Crippen molar-refractivity contribution in [3.05, 3.63) is 122 Å². The second-order valence-electron chi connectivity index (χ2n) is 17.2. The second kappa shape index (κ2) is 53.4. The summed E-state index contributed by atoms with van der Waals surface area (Å²) >= 11 is 0. The molecule has 0 fully saturated rings. The number of allylic oxidation sites excluding steroid dienone is 20. The third-order valence-corrected chi connectivity index (χ3v) is 10.8. The van der Waals surface area contributed by atoms with Crippen LogP contribution in [0.4, 0.5) is 0 Å². The fourth-order valence-electron chi connectivity index (χ4n) is 6.81. The minimum atomic E-state index is -0.842. The maximum atomic E-state index is 12.8. The standard InChI is InChI=1S/C60H96O6/c1-4-7-10-13-16-19-22-25-27-29-31-32-35-38-41-44-47-50-53-59(62)65-56-57(55-64-58(61)52-49-46-43-40-37-34-24-21-18-15-12-9-6-3)66-60(63)54-51-48-45-42-39-36-33-30-28-26-23-20-17-14-11-8-5-2/h9,12,15,17-18,20-21,24,26,28,31-34,36-37,40,42-43,45,57H,4-8,10-11,13-14,16,19,22-23,25,27,29-30,35,38-39,41,44,46-56H2,1-3H3/b12-9+,18-15+,20-17+,24-21+,28-26+,32-31+,36-33+,37-34+,43-40+,45-42+. The second-order valence-corrected chi connectivity index (χ2v) is 17.2. The Morgan fingerprint density at radius 2 is 0.667 bits per heavy atom. The van der Waals surface area contributed by atoms with E-state index in [0.29, 0.717) is 19.3 Å². The van der Waals surface area contributed by atoms with Crippen molar-refractivity contribution in [3.8, 4) is 0 Å². The molecule has 0 aliphatic rings. The van der Waals surface area contributed by atoms with Gasteiger partial charge in [0.1, 0.15) is 13.2 Å². The van der Waals surface area contributed by atoms with E-state index in [1.54, 1.807) is 0 Å². The van der Waals surface area contributed by atoms with Crippen LogP contribution < -0.4 is 0 Å². The molecule has 1 atom stereocenters. The number of rotatable bonds is 46. The highest BCUT2D eigenvalue weighted by Crippen LogP contribution is 2.13. The lowest BCUT2D eigenvalue weighted by Gasteiger charge is -2.18. The van der Waals surface area contributed by atoms with E-state index in [-0.39, 0.29) is 38.0 Å². The zero-order valence-electron chi connectivity index (χ0n) is 42.4. The predicted octanol–water partition coefficient (Wildman–Crippen LogP) is 17.7. The Labute approximate surface area is 405 Å². The number of carbonyl (C=O) groups excluding carboxylic acids is 3. The molecule has 0 heterocycles. The van der Waals surface area contributed by atoms with Gasteiger partial charge in [0.15, 0.2) is 6.10 Å². The van der Waals surface area contributed by atoms with Gasteiger partial charge < -0.3 is 14.2 Å². The van der Waals surface area contributed by atoms with Gasteiger partial charge in [0.25, 0.3) is 0 Å². The van der Waals surface area contributed by atoms with Gasteiger partial charge in [-0.25, -0.2) is 0 Å². The largest absolute Gasteiger partial charge is 0.462 e. The van der Waals surface area contributed by atoms with Gasteiger partial charge in [-0.2, -0.15) is 0 Å². The first kappa shape index (κ1) is 61.8. The van der Waals surface area contributed by atoms with Crippen molar-refractivity contribution in [1.29, 1.82) is 0 Å². The van der Waals surface area contributed by atoms with Crippen molar-refractivity contribution in [3.63, 3.8) is 0 Å². The van der Waals surface area contributed by atoms with E-state index in [2.05, 4.69) is 87.6 Å². The van der Waals surface area contributed by atoms with Crippen molar-refractivity contribution in [2.75, 3.05) is 13.2 Å². The van der Waals surface area contributed by atoms with Crippen LogP contribution in [0.1, 0.15) is 220 Å². The molecule has 0 saturated carbocycles. The van der Waals surface area contributed by atoms with Crippen molar-refractivity contribution < 1.29 is 28.6 Å². The van der Waals surface area contributed by atoms with Gasteiger partial charge in [-0.3, -0.25) is 14.4 Å². The first-order valence-corrected chi connectivity index (χ1v) is 26.6. The third-order valence-electron chi connectivity index (χ3n) is 10.8. The minimum Gasteiger partial charge on any atom is -0.462 e. The monoisotopic (exact) mass is 913 g/mol. The molecule has 6 heteroatoms. The van der Waals surface area contributed by atoms with E-state index in [1.807, 2.05) is 54.7 Å². The average Bonchev–Trinajstić information content (AvgIpc) is 3.31. The molecule has 0 saturated heterocycles. The maximum Gasteiger partial charge on any atom is 0.306 e. The molecule has 0 bridgehead atoms. The molecule has 6 nitrogen and oxygen atoms in total. The molecule has 0 N–H and O–H groups in total. The summed E-state index contributed by atoms with van der Waals surface area (Å²) in [5, 5.41) is 0. The lowest BCUT2D eigenvalue weighted by molar-refractivity contribution is -0.167. The fourth-order valence-corrected chi connectivity index (χ4v) is 6.81. The van der Waals surface area contributed by atoms with E-state index < -0.39 is 12.1 Å². The van der Waals surface area contributed by atoms with Gasteiger partial charge in [-0.05, 0) is 96.3 Å². The van der Waals surface area contributed by atoms with Crippen LogP contribution in [0.2, 0.25) is 0 Å². The highest BCUT2D eigenvalue weighted by atomic mass is 16.6. The van der Waals surface area contributed by atoms with Gasteiger partial charge in [-0.15, -0.1) is 0 Å². The first-order valence-electron chi connectivity index (χ1n) is 26.6. The van der Waals surface area contributed by atoms with Crippen molar-refractivity contribution in [2.45, 2.75) is 226 Å². The summed E-state index contributed by atoms with van der Waals surface area (Å²) in [7, 11) is 0. The summed E-state index contributed by atoms with van der Waals surface area (Å²) in [6, 6.07) is 0. The molecule has 372 valence electrons. The Balaban J connectivity index is 4.57. The number of carbonyl (C=O) groups is 3. The molecule has 0 aromatic carbocycles. The van der Waals surface area contributed by atoms with Crippen LogP contribution in [0.25, 0.3) is 0 Å².